The van der Waals surface area contributed by atoms with Crippen LogP contribution in [0.5, 0.6) is 5.75 Å². The average Bonchev–Trinajstić information content (AvgIpc) is 2.66. The van der Waals surface area contributed by atoms with Crippen molar-refractivity contribution in [3.8, 4) is 5.75 Å². The molecule has 2 N–H and O–H groups in total. The molecule has 0 atom stereocenters. The summed E-state index contributed by atoms with van der Waals surface area (Å²) >= 11 is 0. The number of piperidine rings is 1. The number of nitrogens with one attached hydrogen (secondary N) is 2. The highest BCUT2D eigenvalue weighted by Gasteiger charge is 2.23. The lowest BCUT2D eigenvalue weighted by molar-refractivity contribution is -0.118. The molecule has 1 aromatic rings. The van der Waals surface area contributed by atoms with Gasteiger partial charge in [0.1, 0.15) is 0 Å². The lowest BCUT2D eigenvalue weighted by atomic mass is 10.2. The van der Waals surface area contributed by atoms with E-state index in [9.17, 15) is 18.0 Å². The molecule has 1 fully saturated rings. The molecule has 0 aromatic heterocycles. The number of hydrogen-bond donors (Lipinski definition) is 2. The average molecular weight is 395 g/mol. The highest BCUT2D eigenvalue weighted by atomic mass is 32.2. The summed E-state index contributed by atoms with van der Waals surface area (Å²) in [5, 5.41) is 5.46. The van der Waals surface area contributed by atoms with Gasteiger partial charge >= 0.3 is 0 Å². The van der Waals surface area contributed by atoms with Crippen LogP contribution in [0.25, 0.3) is 0 Å². The van der Waals surface area contributed by atoms with Crippen LogP contribution in [0.1, 0.15) is 38.5 Å². The maximum atomic E-state index is 12.3. The molecule has 0 spiro atoms. The highest BCUT2D eigenvalue weighted by molar-refractivity contribution is 7.89. The van der Waals surface area contributed by atoms with E-state index in [1.165, 1.54) is 0 Å². The summed E-state index contributed by atoms with van der Waals surface area (Å²) in [6.07, 6.45) is 4.10. The number of carbonyl (C=O) groups is 2. The quantitative estimate of drug-likeness (QED) is 0.687. The summed E-state index contributed by atoms with van der Waals surface area (Å²) < 4.78 is 31.5. The van der Waals surface area contributed by atoms with E-state index in [2.05, 4.69) is 10.6 Å². The summed E-state index contributed by atoms with van der Waals surface area (Å²) in [7, 11) is -3.22. The zero-order valence-electron chi connectivity index (χ0n) is 15.2. The molecule has 3 rings (SSSR count). The van der Waals surface area contributed by atoms with Gasteiger partial charge in [0.05, 0.1) is 17.1 Å². The van der Waals surface area contributed by atoms with Crippen molar-refractivity contribution in [2.45, 2.75) is 38.5 Å². The molecule has 0 unspecified atom stereocenters. The van der Waals surface area contributed by atoms with Crippen LogP contribution >= 0.6 is 0 Å². The molecular weight excluding hydrogens is 370 g/mol. The van der Waals surface area contributed by atoms with Crippen LogP contribution in [0.4, 0.5) is 11.4 Å². The minimum absolute atomic E-state index is 0.0795. The molecule has 1 aromatic carbocycles. The third-order valence-corrected chi connectivity index (χ3v) is 6.63. The Morgan fingerprint density at radius 2 is 1.96 bits per heavy atom. The van der Waals surface area contributed by atoms with Crippen molar-refractivity contribution in [2.24, 2.45) is 0 Å². The number of anilines is 2. The summed E-state index contributed by atoms with van der Waals surface area (Å²) in [6.45, 7) is 1.13. The number of benzene rings is 1. The number of amides is 2. The Hall–Kier alpha value is -2.13. The molecule has 0 radical (unpaired) electrons. The third-order valence-electron chi connectivity index (χ3n) is 4.68. The van der Waals surface area contributed by atoms with Gasteiger partial charge in [-0.2, -0.15) is 0 Å². The van der Waals surface area contributed by atoms with E-state index in [0.29, 0.717) is 43.1 Å². The normalized spacial score (nSPS) is 17.6. The van der Waals surface area contributed by atoms with Crippen LogP contribution in [0.3, 0.4) is 0 Å². The van der Waals surface area contributed by atoms with Crippen LogP contribution in [-0.4, -0.2) is 50.0 Å². The second kappa shape index (κ2) is 8.71. The predicted molar refractivity (Wildman–Crippen MR) is 102 cm³/mol. The monoisotopic (exact) mass is 395 g/mol. The second-order valence-corrected chi connectivity index (χ2v) is 8.89. The number of carbonyl (C=O) groups excluding carboxylic acids is 2. The van der Waals surface area contributed by atoms with Gasteiger partial charge in [0.15, 0.2) is 12.4 Å². The van der Waals surface area contributed by atoms with Crippen LogP contribution in [0.15, 0.2) is 18.2 Å². The fraction of sp³-hybridized carbons (Fsp3) is 0.556. The van der Waals surface area contributed by atoms with Gasteiger partial charge < -0.3 is 15.4 Å². The van der Waals surface area contributed by atoms with E-state index < -0.39 is 10.0 Å². The standard InChI is InChI=1S/C18H25N3O5S/c22-16(9-2-5-12-27(24,25)21-10-3-1-4-11-21)19-14-7-6-8-15-18(14)26-13-17(23)20-15/h6-8H,1-5,9-13H2,(H,19,22)(H,20,23). The first kappa shape index (κ1) is 19.6. The van der Waals surface area contributed by atoms with Crippen molar-refractivity contribution in [3.05, 3.63) is 18.2 Å². The molecule has 27 heavy (non-hydrogen) atoms. The molecule has 2 aliphatic rings. The number of rotatable bonds is 7. The summed E-state index contributed by atoms with van der Waals surface area (Å²) in [5.41, 5.74) is 1.02. The lowest BCUT2D eigenvalue weighted by Crippen LogP contribution is -2.37. The van der Waals surface area contributed by atoms with Gasteiger partial charge in [0, 0.05) is 19.5 Å². The molecule has 0 saturated carbocycles. The highest BCUT2D eigenvalue weighted by Crippen LogP contribution is 2.35. The molecule has 0 aliphatic carbocycles. The first-order valence-corrected chi connectivity index (χ1v) is 10.9. The molecule has 2 amide bonds. The molecule has 9 heteroatoms. The van der Waals surface area contributed by atoms with Crippen LogP contribution in [0.2, 0.25) is 0 Å². The first-order chi connectivity index (χ1) is 13.0. The van der Waals surface area contributed by atoms with Crippen molar-refractivity contribution < 1.29 is 22.7 Å². The topological polar surface area (TPSA) is 105 Å². The molecule has 148 valence electrons. The number of hydrogen-bond acceptors (Lipinski definition) is 5. The first-order valence-electron chi connectivity index (χ1n) is 9.29. The molecule has 2 heterocycles. The predicted octanol–water partition coefficient (Wildman–Crippen LogP) is 1.94. The van der Waals surface area contributed by atoms with Gasteiger partial charge in [-0.25, -0.2) is 12.7 Å². The Morgan fingerprint density at radius 1 is 1.19 bits per heavy atom. The van der Waals surface area contributed by atoms with Gasteiger partial charge in [0.2, 0.25) is 15.9 Å². The van der Waals surface area contributed by atoms with Gasteiger partial charge in [-0.1, -0.05) is 12.5 Å². The maximum absolute atomic E-state index is 12.3. The van der Waals surface area contributed by atoms with E-state index >= 15 is 0 Å². The van der Waals surface area contributed by atoms with E-state index in [1.54, 1.807) is 22.5 Å². The number of nitrogens with zero attached hydrogens (tertiary/aromatic N) is 1. The Morgan fingerprint density at radius 3 is 2.74 bits per heavy atom. The van der Waals surface area contributed by atoms with Gasteiger partial charge in [-0.15, -0.1) is 0 Å². The zero-order valence-corrected chi connectivity index (χ0v) is 16.0. The fourth-order valence-electron chi connectivity index (χ4n) is 3.27. The zero-order chi connectivity index (χ0) is 19.3. The largest absolute Gasteiger partial charge is 0.479 e. The van der Waals surface area contributed by atoms with Crippen molar-refractivity contribution in [3.63, 3.8) is 0 Å². The molecule has 8 nitrogen and oxygen atoms in total. The van der Waals surface area contributed by atoms with Gasteiger partial charge in [-0.3, -0.25) is 9.59 Å². The Balaban J connectivity index is 1.45. The minimum Gasteiger partial charge on any atom is -0.479 e. The third kappa shape index (κ3) is 5.20. The molecule has 2 aliphatic heterocycles. The summed E-state index contributed by atoms with van der Waals surface area (Å²) in [5.74, 6) is 0.0779. The number of unbranched alkanes of at least 4 members (excludes halogenated alkanes) is 1. The smallest absolute Gasteiger partial charge is 0.262 e. The van der Waals surface area contributed by atoms with Gasteiger partial charge in [0.25, 0.3) is 5.91 Å². The minimum atomic E-state index is -3.22. The van der Waals surface area contributed by atoms with Crippen LogP contribution in [-0.2, 0) is 19.6 Å². The molecular formula is C18H25N3O5S. The number of ether oxygens (including phenoxy) is 1. The number of sulfonamides is 1. The van der Waals surface area contributed by atoms with Gasteiger partial charge in [-0.05, 0) is 37.8 Å². The summed E-state index contributed by atoms with van der Waals surface area (Å²) in [6, 6.07) is 5.12. The van der Waals surface area contributed by atoms with Crippen molar-refractivity contribution in [1.82, 2.24) is 4.31 Å². The molecule has 0 bridgehead atoms. The van der Waals surface area contributed by atoms with E-state index in [1.807, 2.05) is 0 Å². The van der Waals surface area contributed by atoms with E-state index in [-0.39, 0.29) is 30.6 Å². The van der Waals surface area contributed by atoms with Crippen molar-refractivity contribution in [1.29, 1.82) is 0 Å². The van der Waals surface area contributed by atoms with Crippen LogP contribution in [0, 0.1) is 0 Å². The summed E-state index contributed by atoms with van der Waals surface area (Å²) in [4.78, 5) is 23.5. The van der Waals surface area contributed by atoms with Crippen molar-refractivity contribution in [2.75, 3.05) is 36.1 Å². The Labute approximate surface area is 159 Å². The Bertz CT molecular complexity index is 803. The van der Waals surface area contributed by atoms with E-state index in [0.717, 1.165) is 19.3 Å². The fourth-order valence-corrected chi connectivity index (χ4v) is 4.91. The molecule has 1 saturated heterocycles. The Kier molecular flexibility index (Phi) is 6.33. The van der Waals surface area contributed by atoms with Crippen molar-refractivity contribution >= 4 is 33.2 Å². The van der Waals surface area contributed by atoms with Crippen LogP contribution < -0.4 is 15.4 Å². The lowest BCUT2D eigenvalue weighted by Gasteiger charge is -2.25. The maximum Gasteiger partial charge on any atom is 0.262 e. The number of para-hydroxylation sites is 1. The SMILES string of the molecule is O=C(CCCCS(=O)(=O)N1CCCCC1)Nc1cccc2c1OCC(=O)N2. The van der Waals surface area contributed by atoms with E-state index in [4.69, 9.17) is 4.74 Å². The number of fused-ring (bicyclic) bond motifs is 1. The second-order valence-electron chi connectivity index (χ2n) is 6.80.